The third-order valence-electron chi connectivity index (χ3n) is 7.87. The van der Waals surface area contributed by atoms with E-state index >= 15 is 0 Å². The Bertz CT molecular complexity index is 1780. The summed E-state index contributed by atoms with van der Waals surface area (Å²) in [5, 5.41) is 14.7. The Morgan fingerprint density at radius 1 is 1.14 bits per heavy atom. The summed E-state index contributed by atoms with van der Waals surface area (Å²) < 4.78 is 72.9. The van der Waals surface area contributed by atoms with Crippen LogP contribution in [-0.2, 0) is 27.7 Å². The summed E-state index contributed by atoms with van der Waals surface area (Å²) in [6, 6.07) is 2.20. The van der Waals surface area contributed by atoms with Crippen molar-refractivity contribution < 1.29 is 36.0 Å². The smallest absolute Gasteiger partial charge is 0.404 e. The topological polar surface area (TPSA) is 148 Å². The number of thiazole rings is 1. The van der Waals surface area contributed by atoms with Gasteiger partial charge in [-0.25, -0.2) is 13.4 Å². The summed E-state index contributed by atoms with van der Waals surface area (Å²) in [4.78, 5) is 25.4. The van der Waals surface area contributed by atoms with E-state index in [9.17, 15) is 31.5 Å². The summed E-state index contributed by atoms with van der Waals surface area (Å²) in [5.74, 6) is -0.240. The van der Waals surface area contributed by atoms with Crippen LogP contribution in [-0.4, -0.2) is 51.8 Å². The number of hydrogen-bond acceptors (Lipinski definition) is 9. The minimum absolute atomic E-state index is 0.0249. The minimum Gasteiger partial charge on any atom is -0.481 e. The van der Waals surface area contributed by atoms with Gasteiger partial charge in [0.1, 0.15) is 6.04 Å². The molecule has 0 radical (unpaired) electrons. The first-order valence-electron chi connectivity index (χ1n) is 14.2. The molecular formula is C29H32F3N5O5S2. The average molecular weight is 652 g/mol. The normalized spacial score (nSPS) is 16.0. The molecule has 15 heteroatoms. The van der Waals surface area contributed by atoms with Gasteiger partial charge in [-0.3, -0.25) is 9.78 Å². The molecule has 4 aromatic rings. The van der Waals surface area contributed by atoms with Crippen LogP contribution in [0.5, 0.6) is 0 Å². The molecule has 0 bridgehead atoms. The van der Waals surface area contributed by atoms with E-state index in [1.165, 1.54) is 36.2 Å². The van der Waals surface area contributed by atoms with Gasteiger partial charge in [0.05, 0.1) is 20.9 Å². The number of alkyl halides is 3. The molecule has 44 heavy (non-hydrogen) atoms. The van der Waals surface area contributed by atoms with Gasteiger partial charge in [-0.15, -0.1) is 11.3 Å². The number of carboxylic acid groups (broad SMARTS) is 1. The SMILES string of the molecule is C[C@H](NS(=O)(=O)c1ccc(-c2sc(-c3noc(CC(C)(C)C(=O)O)n3)nc2CC2CCCCC2)c2ccncc12)C(F)(F)F. The first-order chi connectivity index (χ1) is 20.7. The second-order valence-electron chi connectivity index (χ2n) is 11.8. The van der Waals surface area contributed by atoms with Crippen LogP contribution in [0.15, 0.2) is 40.0 Å². The molecule has 1 fully saturated rings. The maximum absolute atomic E-state index is 13.2. The second kappa shape index (κ2) is 12.2. The summed E-state index contributed by atoms with van der Waals surface area (Å²) in [7, 11) is -4.55. The fraction of sp³-hybridized carbons (Fsp3) is 0.483. The zero-order valence-electron chi connectivity index (χ0n) is 24.3. The Labute approximate surface area is 256 Å². The highest BCUT2D eigenvalue weighted by Gasteiger charge is 2.39. The van der Waals surface area contributed by atoms with Gasteiger partial charge in [0.25, 0.3) is 0 Å². The lowest BCUT2D eigenvalue weighted by molar-refractivity contribution is -0.147. The number of aliphatic carboxylic acids is 1. The molecule has 1 atom stereocenters. The van der Waals surface area contributed by atoms with Crippen molar-refractivity contribution in [1.29, 1.82) is 0 Å². The molecule has 1 saturated carbocycles. The lowest BCUT2D eigenvalue weighted by Gasteiger charge is -2.21. The summed E-state index contributed by atoms with van der Waals surface area (Å²) in [5.41, 5.74) is 0.299. The van der Waals surface area contributed by atoms with Gasteiger partial charge < -0.3 is 9.63 Å². The monoisotopic (exact) mass is 651 g/mol. The molecule has 1 aromatic carbocycles. The van der Waals surface area contributed by atoms with Crippen molar-refractivity contribution in [2.75, 3.05) is 0 Å². The molecule has 0 saturated heterocycles. The van der Waals surface area contributed by atoms with Gasteiger partial charge in [-0.1, -0.05) is 43.3 Å². The van der Waals surface area contributed by atoms with E-state index in [0.717, 1.165) is 43.2 Å². The fourth-order valence-corrected chi connectivity index (χ4v) is 7.77. The van der Waals surface area contributed by atoms with E-state index in [1.54, 1.807) is 30.7 Å². The van der Waals surface area contributed by atoms with Gasteiger partial charge in [0.15, 0.2) is 5.01 Å². The summed E-state index contributed by atoms with van der Waals surface area (Å²) >= 11 is 1.29. The van der Waals surface area contributed by atoms with Crippen LogP contribution >= 0.6 is 11.3 Å². The van der Waals surface area contributed by atoms with Gasteiger partial charge in [-0.05, 0) is 50.6 Å². The Hall–Kier alpha value is -3.43. The maximum atomic E-state index is 13.2. The standard InChI is InChI=1S/C29H32F3N5O5S2/c1-16(29(30,31)32)37-44(40,41)22-10-9-19(18-11-12-33-15-20(18)22)24-21(13-17-7-5-4-6-8-17)34-26(43-24)25-35-23(42-36-25)14-28(2,3)27(38)39/h9-12,15-17,37H,4-8,13-14H2,1-3H3,(H,38,39)/t16-/m0/s1. The van der Waals surface area contributed by atoms with E-state index in [2.05, 4.69) is 15.1 Å². The number of carboxylic acids is 1. The third-order valence-corrected chi connectivity index (χ3v) is 10.6. The van der Waals surface area contributed by atoms with Gasteiger partial charge in [-0.2, -0.15) is 22.9 Å². The number of benzene rings is 1. The van der Waals surface area contributed by atoms with Crippen LogP contribution in [0.3, 0.4) is 0 Å². The van der Waals surface area contributed by atoms with Crippen molar-refractivity contribution in [3.8, 4) is 21.3 Å². The van der Waals surface area contributed by atoms with Gasteiger partial charge in [0, 0.05) is 29.8 Å². The van der Waals surface area contributed by atoms with Crippen molar-refractivity contribution in [3.63, 3.8) is 0 Å². The van der Waals surface area contributed by atoms with Crippen LogP contribution in [0, 0.1) is 11.3 Å². The Morgan fingerprint density at radius 2 is 1.86 bits per heavy atom. The zero-order valence-corrected chi connectivity index (χ0v) is 25.9. The van der Waals surface area contributed by atoms with Gasteiger partial charge >= 0.3 is 12.1 Å². The van der Waals surface area contributed by atoms with Crippen molar-refractivity contribution in [1.82, 2.24) is 24.8 Å². The third kappa shape index (κ3) is 6.79. The molecule has 0 aliphatic heterocycles. The number of fused-ring (bicyclic) bond motifs is 1. The molecule has 3 heterocycles. The minimum atomic E-state index is -4.76. The Balaban J connectivity index is 1.59. The molecule has 10 nitrogen and oxygen atoms in total. The van der Waals surface area contributed by atoms with Crippen LogP contribution < -0.4 is 4.72 Å². The number of pyridine rings is 1. The number of halogens is 3. The largest absolute Gasteiger partial charge is 0.481 e. The lowest BCUT2D eigenvalue weighted by atomic mass is 9.85. The van der Waals surface area contributed by atoms with Gasteiger partial charge in [0.2, 0.25) is 21.7 Å². The first-order valence-corrected chi connectivity index (χ1v) is 16.5. The molecule has 1 aliphatic rings. The molecule has 0 amide bonds. The summed E-state index contributed by atoms with van der Waals surface area (Å²) in [6.07, 6.45) is 4.27. The number of carbonyl (C=O) groups is 1. The van der Waals surface area contributed by atoms with E-state index < -0.39 is 33.6 Å². The van der Waals surface area contributed by atoms with E-state index in [4.69, 9.17) is 9.51 Å². The molecule has 5 rings (SSSR count). The Morgan fingerprint density at radius 3 is 2.55 bits per heavy atom. The highest BCUT2D eigenvalue weighted by molar-refractivity contribution is 7.89. The van der Waals surface area contributed by atoms with Crippen LogP contribution in [0.1, 0.15) is 64.5 Å². The number of rotatable bonds is 10. The fourth-order valence-electron chi connectivity index (χ4n) is 5.29. The Kier molecular flexibility index (Phi) is 8.84. The highest BCUT2D eigenvalue weighted by Crippen LogP contribution is 2.42. The number of sulfonamides is 1. The zero-order chi connectivity index (χ0) is 31.9. The predicted molar refractivity (Wildman–Crippen MR) is 157 cm³/mol. The number of aromatic nitrogens is 4. The molecule has 236 valence electrons. The van der Waals surface area contributed by atoms with Crippen LogP contribution in [0.4, 0.5) is 13.2 Å². The molecule has 0 unspecified atom stereocenters. The van der Waals surface area contributed by atoms with Crippen LogP contribution in [0.25, 0.3) is 32.0 Å². The predicted octanol–water partition coefficient (Wildman–Crippen LogP) is 6.41. The van der Waals surface area contributed by atoms with E-state index in [1.807, 2.05) is 0 Å². The van der Waals surface area contributed by atoms with Crippen molar-refractivity contribution >= 4 is 38.1 Å². The lowest BCUT2D eigenvalue weighted by Crippen LogP contribution is -2.43. The molecule has 0 spiro atoms. The number of nitrogens with zero attached hydrogens (tertiary/aromatic N) is 4. The second-order valence-corrected chi connectivity index (χ2v) is 14.5. The van der Waals surface area contributed by atoms with E-state index in [-0.39, 0.29) is 28.4 Å². The number of hydrogen-bond donors (Lipinski definition) is 2. The number of nitrogens with one attached hydrogen (secondary N) is 1. The van der Waals surface area contributed by atoms with Crippen molar-refractivity contribution in [2.45, 2.75) is 82.8 Å². The van der Waals surface area contributed by atoms with E-state index in [0.29, 0.717) is 28.3 Å². The molecule has 3 aromatic heterocycles. The molecular weight excluding hydrogens is 619 g/mol. The van der Waals surface area contributed by atoms with Crippen molar-refractivity contribution in [2.24, 2.45) is 11.3 Å². The highest BCUT2D eigenvalue weighted by atomic mass is 32.2. The maximum Gasteiger partial charge on any atom is 0.404 e. The average Bonchev–Trinajstić information content (AvgIpc) is 3.59. The van der Waals surface area contributed by atoms with Crippen molar-refractivity contribution in [3.05, 3.63) is 42.2 Å². The molecule has 2 N–H and O–H groups in total. The summed E-state index contributed by atoms with van der Waals surface area (Å²) in [6.45, 7) is 3.87. The quantitative estimate of drug-likeness (QED) is 0.198. The van der Waals surface area contributed by atoms with Crippen LogP contribution in [0.2, 0.25) is 0 Å². The molecule has 1 aliphatic carbocycles. The first kappa shape index (κ1) is 32.0.